The largest absolute Gasteiger partial charge is 0.481 e. The highest BCUT2D eigenvalue weighted by Gasteiger charge is 2.23. The van der Waals surface area contributed by atoms with E-state index in [1.54, 1.807) is 11.8 Å². The van der Waals surface area contributed by atoms with Crippen molar-refractivity contribution in [2.75, 3.05) is 13.7 Å². The molecule has 0 radical (unpaired) electrons. The molecule has 2 rings (SSSR count). The van der Waals surface area contributed by atoms with E-state index < -0.39 is 0 Å². The molecule has 116 valence electrons. The molecule has 0 aliphatic rings. The van der Waals surface area contributed by atoms with E-state index in [0.717, 1.165) is 17.1 Å². The van der Waals surface area contributed by atoms with E-state index in [2.05, 4.69) is 43.0 Å². The Morgan fingerprint density at radius 2 is 1.95 bits per heavy atom. The van der Waals surface area contributed by atoms with Gasteiger partial charge in [-0.05, 0) is 18.8 Å². The second-order valence-electron chi connectivity index (χ2n) is 5.56. The van der Waals surface area contributed by atoms with Gasteiger partial charge in [-0.2, -0.15) is 9.78 Å². The van der Waals surface area contributed by atoms with Gasteiger partial charge in [0.2, 0.25) is 5.88 Å². The molecule has 0 aliphatic heterocycles. The van der Waals surface area contributed by atoms with Gasteiger partial charge in [-0.25, -0.2) is 0 Å². The molecule has 0 saturated heterocycles. The van der Waals surface area contributed by atoms with Gasteiger partial charge in [0.15, 0.2) is 5.69 Å². The molecule has 0 amide bonds. The molecule has 6 heteroatoms. The van der Waals surface area contributed by atoms with Crippen LogP contribution in [0.5, 0.6) is 11.8 Å². The van der Waals surface area contributed by atoms with Gasteiger partial charge >= 0.3 is 0 Å². The molecule has 0 bridgehead atoms. The molecule has 2 aromatic heterocycles. The van der Waals surface area contributed by atoms with Crippen LogP contribution in [-0.2, 0) is 0 Å². The molecule has 1 N–H and O–H groups in total. The maximum absolute atomic E-state index is 5.63. The maximum atomic E-state index is 5.63. The summed E-state index contributed by atoms with van der Waals surface area (Å²) in [7, 11) is 1.65. The Morgan fingerprint density at radius 1 is 1.24 bits per heavy atom. The van der Waals surface area contributed by atoms with E-state index in [0.29, 0.717) is 24.3 Å². The zero-order valence-electron chi connectivity index (χ0n) is 13.6. The Bertz CT molecular complexity index is 599. The van der Waals surface area contributed by atoms with E-state index in [4.69, 9.17) is 9.47 Å². The Balaban J connectivity index is 2.61. The van der Waals surface area contributed by atoms with Crippen molar-refractivity contribution in [3.05, 3.63) is 17.5 Å². The molecule has 0 aliphatic carbocycles. The normalized spacial score (nSPS) is 11.4. The lowest BCUT2D eigenvalue weighted by Gasteiger charge is -2.10. The standard InChI is InChI=1S/C15H24N4O2/c1-7-21-15-14(13(10(4)5)16-17-15)19-12(20-6)8-11(18-19)9(2)3/h8-10H,7H2,1-6H3,(H,16,17). The summed E-state index contributed by atoms with van der Waals surface area (Å²) >= 11 is 0. The molecule has 6 nitrogen and oxygen atoms in total. The van der Waals surface area contributed by atoms with Crippen molar-refractivity contribution in [3.8, 4) is 17.4 Å². The quantitative estimate of drug-likeness (QED) is 0.887. The number of aromatic amines is 1. The molecule has 0 unspecified atom stereocenters. The lowest BCUT2D eigenvalue weighted by Crippen LogP contribution is -2.06. The number of hydrogen-bond acceptors (Lipinski definition) is 4. The van der Waals surface area contributed by atoms with Crippen molar-refractivity contribution < 1.29 is 9.47 Å². The first-order valence-corrected chi connectivity index (χ1v) is 7.34. The molecule has 2 heterocycles. The Kier molecular flexibility index (Phi) is 4.55. The molecule has 21 heavy (non-hydrogen) atoms. The first kappa shape index (κ1) is 15.4. The summed E-state index contributed by atoms with van der Waals surface area (Å²) in [5.41, 5.74) is 2.79. The number of rotatable bonds is 6. The number of nitrogens with zero attached hydrogens (tertiary/aromatic N) is 3. The van der Waals surface area contributed by atoms with E-state index in [1.807, 2.05) is 13.0 Å². The minimum atomic E-state index is 0.276. The second-order valence-corrected chi connectivity index (χ2v) is 5.56. The monoisotopic (exact) mass is 292 g/mol. The van der Waals surface area contributed by atoms with Crippen LogP contribution in [0.4, 0.5) is 0 Å². The average Bonchev–Trinajstić information content (AvgIpc) is 3.01. The van der Waals surface area contributed by atoms with E-state index >= 15 is 0 Å². The Morgan fingerprint density at radius 3 is 2.48 bits per heavy atom. The summed E-state index contributed by atoms with van der Waals surface area (Å²) < 4.78 is 12.9. The summed E-state index contributed by atoms with van der Waals surface area (Å²) in [5, 5.41) is 12.0. The highest BCUT2D eigenvalue weighted by molar-refractivity contribution is 5.49. The van der Waals surface area contributed by atoms with Crippen LogP contribution in [-0.4, -0.2) is 33.7 Å². The van der Waals surface area contributed by atoms with E-state index in [1.165, 1.54) is 0 Å². The minimum Gasteiger partial charge on any atom is -0.481 e. The molecule has 0 spiro atoms. The molecular formula is C15H24N4O2. The van der Waals surface area contributed by atoms with Gasteiger partial charge in [0.25, 0.3) is 5.88 Å². The number of methoxy groups -OCH3 is 1. The third-order valence-electron chi connectivity index (χ3n) is 3.30. The van der Waals surface area contributed by atoms with Crippen molar-refractivity contribution in [2.24, 2.45) is 0 Å². The van der Waals surface area contributed by atoms with E-state index in [-0.39, 0.29) is 5.92 Å². The third kappa shape index (κ3) is 2.89. The lowest BCUT2D eigenvalue weighted by molar-refractivity contribution is 0.322. The zero-order chi connectivity index (χ0) is 15.6. The van der Waals surface area contributed by atoms with Crippen molar-refractivity contribution in [1.29, 1.82) is 0 Å². The minimum absolute atomic E-state index is 0.276. The maximum Gasteiger partial charge on any atom is 0.259 e. The zero-order valence-corrected chi connectivity index (χ0v) is 13.6. The predicted molar refractivity (Wildman–Crippen MR) is 81.6 cm³/mol. The second kappa shape index (κ2) is 6.20. The summed E-state index contributed by atoms with van der Waals surface area (Å²) in [6, 6.07) is 1.96. The predicted octanol–water partition coefficient (Wildman–Crippen LogP) is 3.25. The van der Waals surface area contributed by atoms with Gasteiger partial charge in [-0.15, -0.1) is 5.10 Å². The van der Waals surface area contributed by atoms with Crippen molar-refractivity contribution in [2.45, 2.75) is 46.5 Å². The van der Waals surface area contributed by atoms with Gasteiger partial charge < -0.3 is 9.47 Å². The van der Waals surface area contributed by atoms with Gasteiger partial charge in [-0.3, -0.25) is 5.10 Å². The molecule has 0 saturated carbocycles. The smallest absolute Gasteiger partial charge is 0.259 e. The topological polar surface area (TPSA) is 65.0 Å². The average molecular weight is 292 g/mol. The van der Waals surface area contributed by atoms with Gasteiger partial charge in [-0.1, -0.05) is 27.7 Å². The first-order chi connectivity index (χ1) is 9.99. The summed E-state index contributed by atoms with van der Waals surface area (Å²) in [6.07, 6.45) is 0. The SMILES string of the molecule is CCOc1n[nH]c(C(C)C)c1-n1nc(C(C)C)cc1OC. The van der Waals surface area contributed by atoms with Gasteiger partial charge in [0.05, 0.1) is 25.1 Å². The van der Waals surface area contributed by atoms with Crippen LogP contribution in [0.1, 0.15) is 57.8 Å². The number of ether oxygens (including phenoxy) is 2. The van der Waals surface area contributed by atoms with Crippen molar-refractivity contribution in [3.63, 3.8) is 0 Å². The number of nitrogens with one attached hydrogen (secondary N) is 1. The van der Waals surface area contributed by atoms with Gasteiger partial charge in [0, 0.05) is 6.07 Å². The van der Waals surface area contributed by atoms with Crippen LogP contribution in [0.3, 0.4) is 0 Å². The highest BCUT2D eigenvalue weighted by Crippen LogP contribution is 2.33. The molecule has 0 fully saturated rings. The molecule has 2 aromatic rings. The Labute approximate surface area is 125 Å². The summed E-state index contributed by atoms with van der Waals surface area (Å²) in [4.78, 5) is 0. The van der Waals surface area contributed by atoms with Crippen molar-refractivity contribution >= 4 is 0 Å². The van der Waals surface area contributed by atoms with Crippen LogP contribution >= 0.6 is 0 Å². The summed E-state index contributed by atoms with van der Waals surface area (Å²) in [6.45, 7) is 10.9. The highest BCUT2D eigenvalue weighted by atomic mass is 16.5. The van der Waals surface area contributed by atoms with E-state index in [9.17, 15) is 0 Å². The van der Waals surface area contributed by atoms with Crippen molar-refractivity contribution in [1.82, 2.24) is 20.0 Å². The fourth-order valence-corrected chi connectivity index (χ4v) is 2.15. The number of aromatic nitrogens is 4. The fourth-order valence-electron chi connectivity index (χ4n) is 2.15. The first-order valence-electron chi connectivity index (χ1n) is 7.34. The molecular weight excluding hydrogens is 268 g/mol. The fraction of sp³-hybridized carbons (Fsp3) is 0.600. The Hall–Kier alpha value is -1.98. The van der Waals surface area contributed by atoms with Crippen LogP contribution in [0, 0.1) is 0 Å². The molecule has 0 aromatic carbocycles. The molecule has 0 atom stereocenters. The summed E-state index contributed by atoms with van der Waals surface area (Å²) in [5.74, 6) is 1.84. The number of H-pyrrole nitrogens is 1. The number of hydrogen-bond donors (Lipinski definition) is 1. The van der Waals surface area contributed by atoms with Gasteiger partial charge in [0.1, 0.15) is 0 Å². The lowest BCUT2D eigenvalue weighted by atomic mass is 10.1. The third-order valence-corrected chi connectivity index (χ3v) is 3.30. The van der Waals surface area contributed by atoms with Crippen LogP contribution < -0.4 is 9.47 Å². The van der Waals surface area contributed by atoms with Crippen LogP contribution in [0.2, 0.25) is 0 Å². The van der Waals surface area contributed by atoms with Crippen LogP contribution in [0.25, 0.3) is 5.69 Å². The van der Waals surface area contributed by atoms with Crippen LogP contribution in [0.15, 0.2) is 6.07 Å².